The number of hydrogen-bond acceptors (Lipinski definition) is 4. The van der Waals surface area contributed by atoms with Crippen molar-refractivity contribution in [1.29, 1.82) is 0 Å². The van der Waals surface area contributed by atoms with Crippen LogP contribution in [0.2, 0.25) is 0 Å². The topological polar surface area (TPSA) is 52.8 Å². The summed E-state index contributed by atoms with van der Waals surface area (Å²) in [4.78, 5) is 13.5. The SMILES string of the molecule is CCOc1ncccc1-c1c(Br)c2nccnc2n1Cc1ccccc1. The number of pyridine rings is 1. The highest BCUT2D eigenvalue weighted by atomic mass is 79.9. The summed E-state index contributed by atoms with van der Waals surface area (Å²) in [6.07, 6.45) is 5.16. The maximum atomic E-state index is 5.76. The summed E-state index contributed by atoms with van der Waals surface area (Å²) in [5.41, 5.74) is 4.71. The van der Waals surface area contributed by atoms with E-state index in [2.05, 4.69) is 47.6 Å². The van der Waals surface area contributed by atoms with Crippen molar-refractivity contribution in [3.63, 3.8) is 0 Å². The lowest BCUT2D eigenvalue weighted by molar-refractivity contribution is 0.328. The molecule has 4 aromatic rings. The van der Waals surface area contributed by atoms with E-state index < -0.39 is 0 Å². The van der Waals surface area contributed by atoms with Crippen molar-refractivity contribution in [3.05, 3.63) is 71.1 Å². The van der Waals surface area contributed by atoms with Crippen LogP contribution in [0.1, 0.15) is 12.5 Å². The van der Waals surface area contributed by atoms with Crippen LogP contribution >= 0.6 is 15.9 Å². The molecule has 0 amide bonds. The molecule has 0 unspecified atom stereocenters. The molecule has 0 saturated carbocycles. The third-order valence-corrected chi connectivity index (χ3v) is 4.86. The second kappa shape index (κ2) is 7.25. The minimum Gasteiger partial charge on any atom is -0.477 e. The average Bonchev–Trinajstić information content (AvgIpc) is 2.96. The number of aromatic nitrogens is 4. The number of benzene rings is 1. The van der Waals surface area contributed by atoms with Gasteiger partial charge in [0.1, 0.15) is 5.52 Å². The monoisotopic (exact) mass is 408 g/mol. The summed E-state index contributed by atoms with van der Waals surface area (Å²) in [5.74, 6) is 0.604. The van der Waals surface area contributed by atoms with Crippen molar-refractivity contribution >= 4 is 27.1 Å². The lowest BCUT2D eigenvalue weighted by atomic mass is 10.2. The van der Waals surface area contributed by atoms with E-state index in [0.717, 1.165) is 26.9 Å². The van der Waals surface area contributed by atoms with Crippen molar-refractivity contribution in [3.8, 4) is 17.1 Å². The molecule has 5 nitrogen and oxygen atoms in total. The molecule has 6 heteroatoms. The summed E-state index contributed by atoms with van der Waals surface area (Å²) < 4.78 is 8.81. The third kappa shape index (κ3) is 2.97. The van der Waals surface area contributed by atoms with Gasteiger partial charge in [0.2, 0.25) is 5.88 Å². The number of fused-ring (bicyclic) bond motifs is 1. The molecule has 3 heterocycles. The molecule has 0 radical (unpaired) electrons. The third-order valence-electron chi connectivity index (χ3n) is 4.11. The Kier molecular flexibility index (Phi) is 4.67. The Morgan fingerprint density at radius 3 is 2.58 bits per heavy atom. The van der Waals surface area contributed by atoms with Gasteiger partial charge in [0.15, 0.2) is 5.65 Å². The molecule has 4 rings (SSSR count). The first kappa shape index (κ1) is 16.7. The number of hydrogen-bond donors (Lipinski definition) is 0. The molecule has 0 N–H and O–H groups in total. The summed E-state index contributed by atoms with van der Waals surface area (Å²) in [6, 6.07) is 14.2. The van der Waals surface area contributed by atoms with Crippen molar-refractivity contribution < 1.29 is 4.74 Å². The molecule has 1 aromatic carbocycles. The van der Waals surface area contributed by atoms with Gasteiger partial charge in [0.25, 0.3) is 0 Å². The highest BCUT2D eigenvalue weighted by molar-refractivity contribution is 9.10. The molecule has 0 aliphatic heterocycles. The van der Waals surface area contributed by atoms with Gasteiger partial charge in [-0.25, -0.2) is 9.97 Å². The van der Waals surface area contributed by atoms with Crippen LogP contribution in [0.4, 0.5) is 0 Å². The van der Waals surface area contributed by atoms with Crippen LogP contribution in [0.15, 0.2) is 65.5 Å². The molecule has 3 aromatic heterocycles. The molecule has 0 atom stereocenters. The Balaban J connectivity index is 1.97. The van der Waals surface area contributed by atoms with Gasteiger partial charge in [-0.2, -0.15) is 0 Å². The van der Waals surface area contributed by atoms with Crippen LogP contribution in [0.3, 0.4) is 0 Å². The van der Waals surface area contributed by atoms with Crippen molar-refractivity contribution in [2.24, 2.45) is 0 Å². The molecule has 0 aliphatic carbocycles. The molecule has 26 heavy (non-hydrogen) atoms. The molecule has 0 saturated heterocycles. The minimum absolute atomic E-state index is 0.553. The van der Waals surface area contributed by atoms with E-state index >= 15 is 0 Å². The maximum Gasteiger partial charge on any atom is 0.222 e. The second-order valence-electron chi connectivity index (χ2n) is 5.75. The smallest absolute Gasteiger partial charge is 0.222 e. The zero-order valence-corrected chi connectivity index (χ0v) is 15.8. The van der Waals surface area contributed by atoms with Gasteiger partial charge in [-0.1, -0.05) is 30.3 Å². The number of ether oxygens (including phenoxy) is 1. The summed E-state index contributed by atoms with van der Waals surface area (Å²) in [5, 5.41) is 0. The van der Waals surface area contributed by atoms with E-state index in [0.29, 0.717) is 19.0 Å². The predicted molar refractivity (Wildman–Crippen MR) is 105 cm³/mol. The van der Waals surface area contributed by atoms with Crippen LogP contribution in [0.5, 0.6) is 5.88 Å². The van der Waals surface area contributed by atoms with E-state index in [9.17, 15) is 0 Å². The van der Waals surface area contributed by atoms with Crippen molar-refractivity contribution in [2.45, 2.75) is 13.5 Å². The standard InChI is InChI=1S/C20H17BrN4O/c1-2-26-20-15(9-6-10-24-20)18-16(21)17-19(23-12-11-22-17)25(18)13-14-7-4-3-5-8-14/h3-12H,2,13H2,1H3. The van der Waals surface area contributed by atoms with Gasteiger partial charge >= 0.3 is 0 Å². The highest BCUT2D eigenvalue weighted by Crippen LogP contribution is 2.39. The zero-order valence-electron chi connectivity index (χ0n) is 14.3. The first-order valence-electron chi connectivity index (χ1n) is 8.40. The Morgan fingerprint density at radius 2 is 1.77 bits per heavy atom. The molecule has 0 spiro atoms. The summed E-state index contributed by atoms with van der Waals surface area (Å²) in [7, 11) is 0. The fourth-order valence-electron chi connectivity index (χ4n) is 3.03. The lowest BCUT2D eigenvalue weighted by Crippen LogP contribution is -2.05. The summed E-state index contributed by atoms with van der Waals surface area (Å²) in [6.45, 7) is 3.19. The van der Waals surface area contributed by atoms with E-state index in [1.165, 1.54) is 5.56 Å². The summed E-state index contributed by atoms with van der Waals surface area (Å²) >= 11 is 3.73. The molecule has 0 fully saturated rings. The van der Waals surface area contributed by atoms with Gasteiger partial charge in [-0.05, 0) is 40.5 Å². The number of halogens is 1. The lowest BCUT2D eigenvalue weighted by Gasteiger charge is -2.13. The molecular weight excluding hydrogens is 392 g/mol. The van der Waals surface area contributed by atoms with Crippen LogP contribution in [0.25, 0.3) is 22.4 Å². The van der Waals surface area contributed by atoms with Gasteiger partial charge in [0, 0.05) is 25.1 Å². The van der Waals surface area contributed by atoms with Gasteiger partial charge in [0.05, 0.1) is 22.3 Å². The maximum absolute atomic E-state index is 5.76. The van der Waals surface area contributed by atoms with Crippen LogP contribution in [-0.2, 0) is 6.54 Å². The Bertz CT molecular complexity index is 1050. The molecule has 0 bridgehead atoms. The van der Waals surface area contributed by atoms with E-state index in [1.807, 2.05) is 37.3 Å². The van der Waals surface area contributed by atoms with E-state index in [-0.39, 0.29) is 0 Å². The van der Waals surface area contributed by atoms with Crippen LogP contribution in [-0.4, -0.2) is 26.1 Å². The average molecular weight is 409 g/mol. The van der Waals surface area contributed by atoms with Crippen LogP contribution in [0, 0.1) is 0 Å². The Morgan fingerprint density at radius 1 is 0.962 bits per heavy atom. The first-order chi connectivity index (χ1) is 12.8. The zero-order chi connectivity index (χ0) is 17.9. The number of rotatable bonds is 5. The molecule has 130 valence electrons. The van der Waals surface area contributed by atoms with Gasteiger partial charge in [-0.15, -0.1) is 0 Å². The van der Waals surface area contributed by atoms with Crippen molar-refractivity contribution in [2.75, 3.05) is 6.61 Å². The van der Waals surface area contributed by atoms with Crippen molar-refractivity contribution in [1.82, 2.24) is 19.5 Å². The van der Waals surface area contributed by atoms with Gasteiger partial charge < -0.3 is 9.30 Å². The Hall–Kier alpha value is -2.73. The van der Waals surface area contributed by atoms with E-state index in [1.54, 1.807) is 18.6 Å². The fraction of sp³-hybridized carbons (Fsp3) is 0.150. The molecular formula is C20H17BrN4O. The largest absolute Gasteiger partial charge is 0.477 e. The molecule has 0 aliphatic rings. The predicted octanol–water partition coefficient (Wildman–Crippen LogP) is 4.70. The fourth-order valence-corrected chi connectivity index (χ4v) is 3.73. The van der Waals surface area contributed by atoms with Crippen LogP contribution < -0.4 is 4.74 Å². The highest BCUT2D eigenvalue weighted by Gasteiger charge is 2.22. The van der Waals surface area contributed by atoms with E-state index in [4.69, 9.17) is 4.74 Å². The number of nitrogens with zero attached hydrogens (tertiary/aromatic N) is 4. The second-order valence-corrected chi connectivity index (χ2v) is 6.55. The first-order valence-corrected chi connectivity index (χ1v) is 9.19. The quantitative estimate of drug-likeness (QED) is 0.480. The van der Waals surface area contributed by atoms with Gasteiger partial charge in [-0.3, -0.25) is 4.98 Å². The normalized spacial score (nSPS) is 11.0. The Labute approximate surface area is 159 Å². The minimum atomic E-state index is 0.553.